The van der Waals surface area contributed by atoms with Crippen molar-refractivity contribution in [1.82, 2.24) is 0 Å². The van der Waals surface area contributed by atoms with Gasteiger partial charge in [0.25, 0.3) is 0 Å². The van der Waals surface area contributed by atoms with Gasteiger partial charge >= 0.3 is 0 Å². The summed E-state index contributed by atoms with van der Waals surface area (Å²) >= 11 is 1.74. The lowest BCUT2D eigenvalue weighted by Crippen LogP contribution is -2.02. The van der Waals surface area contributed by atoms with Crippen LogP contribution in [0.15, 0.2) is 16.8 Å². The van der Waals surface area contributed by atoms with E-state index in [1.807, 2.05) is 13.8 Å². The van der Waals surface area contributed by atoms with Crippen LogP contribution in [0.3, 0.4) is 0 Å². The van der Waals surface area contributed by atoms with Crippen molar-refractivity contribution in [3.8, 4) is 0 Å². The molecule has 1 aromatic heterocycles. The maximum atomic E-state index is 7.75. The Bertz CT molecular complexity index is 138. The molecule has 1 heterocycles. The van der Waals surface area contributed by atoms with Crippen LogP contribution in [-0.4, -0.2) is 18.3 Å². The van der Waals surface area contributed by atoms with Gasteiger partial charge in [-0.2, -0.15) is 11.3 Å². The van der Waals surface area contributed by atoms with E-state index in [4.69, 9.17) is 10.8 Å². The molecule has 1 aromatic rings. The van der Waals surface area contributed by atoms with Crippen LogP contribution >= 0.6 is 11.3 Å². The summed E-state index contributed by atoms with van der Waals surface area (Å²) < 4.78 is 0. The van der Waals surface area contributed by atoms with E-state index in [0.717, 1.165) is 0 Å². The largest absolute Gasteiger partial charge is 0.395 e. The van der Waals surface area contributed by atoms with Crippen LogP contribution in [0.5, 0.6) is 0 Å². The minimum Gasteiger partial charge on any atom is -0.395 e. The van der Waals surface area contributed by atoms with Gasteiger partial charge in [0, 0.05) is 6.54 Å². The molecule has 0 aromatic carbocycles. The summed E-state index contributed by atoms with van der Waals surface area (Å²) in [7, 11) is 0. The highest BCUT2D eigenvalue weighted by molar-refractivity contribution is 7.07. The van der Waals surface area contributed by atoms with E-state index < -0.39 is 0 Å². The van der Waals surface area contributed by atoms with Crippen LogP contribution in [0.4, 0.5) is 0 Å². The number of nitrogens with two attached hydrogens (primary N) is 1. The normalized spacial score (nSPS) is 7.42. The molecule has 3 N–H and O–H groups in total. The highest BCUT2D eigenvalue weighted by atomic mass is 32.1. The summed E-state index contributed by atoms with van der Waals surface area (Å²) in [6, 6.07) is 2.10. The molecule has 0 aliphatic carbocycles. The fraction of sp³-hybridized carbons (Fsp3) is 0.556. The fourth-order valence-electron chi connectivity index (χ4n) is 0.333. The zero-order valence-electron chi connectivity index (χ0n) is 8.08. The second-order valence-electron chi connectivity index (χ2n) is 1.81. The molecule has 0 bridgehead atoms. The lowest BCUT2D eigenvalue weighted by molar-refractivity contribution is 0.306. The Morgan fingerprint density at radius 3 is 2.08 bits per heavy atom. The molecule has 0 amide bonds. The van der Waals surface area contributed by atoms with Gasteiger partial charge in [-0.3, -0.25) is 0 Å². The molecule has 0 fully saturated rings. The van der Waals surface area contributed by atoms with Crippen LogP contribution < -0.4 is 5.73 Å². The van der Waals surface area contributed by atoms with Gasteiger partial charge in [0.2, 0.25) is 0 Å². The Balaban J connectivity index is 0. The summed E-state index contributed by atoms with van der Waals surface area (Å²) in [5.41, 5.74) is 6.14. The first kappa shape index (κ1) is 14.2. The highest BCUT2D eigenvalue weighted by Crippen LogP contribution is 2.01. The van der Waals surface area contributed by atoms with Gasteiger partial charge in [-0.25, -0.2) is 0 Å². The van der Waals surface area contributed by atoms with Gasteiger partial charge in [-0.1, -0.05) is 13.8 Å². The van der Waals surface area contributed by atoms with E-state index in [1.54, 1.807) is 11.3 Å². The Morgan fingerprint density at radius 2 is 2.00 bits per heavy atom. The van der Waals surface area contributed by atoms with Gasteiger partial charge in [0.05, 0.1) is 6.61 Å². The lowest BCUT2D eigenvalue weighted by Gasteiger charge is -1.71. The van der Waals surface area contributed by atoms with Gasteiger partial charge in [0.15, 0.2) is 0 Å². The number of rotatable bonds is 1. The fourth-order valence-corrected chi connectivity index (χ4v) is 0.998. The molecule has 0 unspecified atom stereocenters. The van der Waals surface area contributed by atoms with Crippen LogP contribution in [0, 0.1) is 6.92 Å². The molecule has 12 heavy (non-hydrogen) atoms. The molecule has 0 saturated carbocycles. The molecular formula is C9H19NOS. The molecule has 0 aliphatic heterocycles. The average Bonchev–Trinajstić information content (AvgIpc) is 2.60. The molecule has 0 aliphatic rings. The third-order valence-corrected chi connectivity index (χ3v) is 1.59. The van der Waals surface area contributed by atoms with E-state index in [0.29, 0.717) is 6.54 Å². The average molecular weight is 189 g/mol. The Labute approximate surface area is 79.0 Å². The van der Waals surface area contributed by atoms with E-state index in [1.165, 1.54) is 5.56 Å². The molecule has 3 heteroatoms. The maximum absolute atomic E-state index is 7.75. The first-order chi connectivity index (χ1) is 5.81. The van der Waals surface area contributed by atoms with Crippen LogP contribution in [-0.2, 0) is 0 Å². The summed E-state index contributed by atoms with van der Waals surface area (Å²) in [4.78, 5) is 0. The molecule has 72 valence electrons. The first-order valence-corrected chi connectivity index (χ1v) is 5.05. The molecule has 0 radical (unpaired) electrons. The molecule has 0 saturated heterocycles. The van der Waals surface area contributed by atoms with Gasteiger partial charge < -0.3 is 10.8 Å². The van der Waals surface area contributed by atoms with E-state index in [2.05, 4.69) is 23.8 Å². The molecule has 0 atom stereocenters. The van der Waals surface area contributed by atoms with Crippen molar-refractivity contribution in [1.29, 1.82) is 0 Å². The SMILES string of the molecule is CC.Cc1ccsc1.NCCO. The monoisotopic (exact) mass is 189 g/mol. The number of aliphatic hydroxyl groups excluding tert-OH is 1. The minimum absolute atomic E-state index is 0.0972. The van der Waals surface area contributed by atoms with Gasteiger partial charge in [0.1, 0.15) is 0 Å². The summed E-state index contributed by atoms with van der Waals surface area (Å²) in [5.74, 6) is 0. The van der Waals surface area contributed by atoms with Crippen molar-refractivity contribution in [2.75, 3.05) is 13.2 Å². The summed E-state index contributed by atoms with van der Waals surface area (Å²) in [6.45, 7) is 6.57. The van der Waals surface area contributed by atoms with E-state index in [-0.39, 0.29) is 6.61 Å². The van der Waals surface area contributed by atoms with Crippen molar-refractivity contribution in [2.24, 2.45) is 5.73 Å². The zero-order chi connectivity index (χ0) is 9.82. The van der Waals surface area contributed by atoms with Crippen molar-refractivity contribution < 1.29 is 5.11 Å². The standard InChI is InChI=1S/C5H6S.C2H7NO.C2H6/c1-5-2-3-6-4-5;3-1-2-4;1-2/h2-4H,1H3;4H,1-3H2;1-2H3. The second-order valence-corrected chi connectivity index (χ2v) is 2.59. The molecular weight excluding hydrogens is 170 g/mol. The topological polar surface area (TPSA) is 46.2 Å². The minimum atomic E-state index is 0.0972. The third-order valence-electron chi connectivity index (χ3n) is 0.793. The molecule has 2 nitrogen and oxygen atoms in total. The zero-order valence-corrected chi connectivity index (χ0v) is 8.90. The van der Waals surface area contributed by atoms with E-state index >= 15 is 0 Å². The quantitative estimate of drug-likeness (QED) is 0.710. The van der Waals surface area contributed by atoms with E-state index in [9.17, 15) is 0 Å². The third kappa shape index (κ3) is 12.3. The van der Waals surface area contributed by atoms with Crippen molar-refractivity contribution in [3.63, 3.8) is 0 Å². The summed E-state index contributed by atoms with van der Waals surface area (Å²) in [5, 5.41) is 12.0. The Hall–Kier alpha value is -0.380. The smallest absolute Gasteiger partial charge is 0.0553 e. The first-order valence-electron chi connectivity index (χ1n) is 4.11. The Kier molecular flexibility index (Phi) is 15.6. The molecule has 1 rings (SSSR count). The lowest BCUT2D eigenvalue weighted by atomic mass is 10.4. The number of hydrogen-bond acceptors (Lipinski definition) is 3. The number of aryl methyl sites for hydroxylation is 1. The summed E-state index contributed by atoms with van der Waals surface area (Å²) in [6.07, 6.45) is 0. The van der Waals surface area contributed by atoms with Crippen LogP contribution in [0.1, 0.15) is 19.4 Å². The maximum Gasteiger partial charge on any atom is 0.0553 e. The highest BCUT2D eigenvalue weighted by Gasteiger charge is 1.74. The Morgan fingerprint density at radius 1 is 1.50 bits per heavy atom. The number of thiophene rings is 1. The van der Waals surface area contributed by atoms with Gasteiger partial charge in [-0.05, 0) is 29.3 Å². The van der Waals surface area contributed by atoms with Crippen LogP contribution in [0.25, 0.3) is 0 Å². The molecule has 0 spiro atoms. The predicted molar refractivity (Wildman–Crippen MR) is 56.5 cm³/mol. The van der Waals surface area contributed by atoms with Crippen LogP contribution in [0.2, 0.25) is 0 Å². The van der Waals surface area contributed by atoms with Crippen molar-refractivity contribution >= 4 is 11.3 Å². The predicted octanol–water partition coefficient (Wildman–Crippen LogP) is 2.02. The number of hydrogen-bond donors (Lipinski definition) is 2. The van der Waals surface area contributed by atoms with Gasteiger partial charge in [-0.15, -0.1) is 0 Å². The number of aliphatic hydroxyl groups is 1. The second kappa shape index (κ2) is 13.2. The van der Waals surface area contributed by atoms with Crippen molar-refractivity contribution in [2.45, 2.75) is 20.8 Å². The van der Waals surface area contributed by atoms with Crippen molar-refractivity contribution in [3.05, 3.63) is 22.4 Å².